The second kappa shape index (κ2) is 9.32. The minimum atomic E-state index is -1.07. The summed E-state index contributed by atoms with van der Waals surface area (Å²) in [6, 6.07) is 10.1. The summed E-state index contributed by atoms with van der Waals surface area (Å²) < 4.78 is 5.28. The minimum absolute atomic E-state index is 0.0508. The molecule has 0 aliphatic carbocycles. The van der Waals surface area contributed by atoms with E-state index in [1.165, 1.54) is 23.3 Å². The second-order valence-corrected chi connectivity index (χ2v) is 6.23. The Labute approximate surface area is 172 Å². The number of carboxylic acid groups (broad SMARTS) is 1. The highest BCUT2D eigenvalue weighted by molar-refractivity contribution is 5.93. The molecule has 0 unspecified atom stereocenters. The summed E-state index contributed by atoms with van der Waals surface area (Å²) in [5.74, 6) is -0.0388. The molecule has 2 amide bonds. The van der Waals surface area contributed by atoms with Crippen LogP contribution in [0.1, 0.15) is 21.9 Å². The van der Waals surface area contributed by atoms with Crippen LogP contribution in [0, 0.1) is 0 Å². The highest BCUT2D eigenvalue weighted by atomic mass is 16.4. The highest BCUT2D eigenvalue weighted by Crippen LogP contribution is 2.19. The molecule has 0 atom stereocenters. The van der Waals surface area contributed by atoms with E-state index in [4.69, 9.17) is 10.2 Å². The summed E-state index contributed by atoms with van der Waals surface area (Å²) in [6.07, 6.45) is 1.93. The van der Waals surface area contributed by atoms with Crippen molar-refractivity contribution < 1.29 is 19.1 Å². The summed E-state index contributed by atoms with van der Waals surface area (Å²) >= 11 is 0. The quantitative estimate of drug-likeness (QED) is 0.481. The number of anilines is 1. The molecule has 30 heavy (non-hydrogen) atoms. The number of hydrogen-bond donors (Lipinski definition) is 3. The fourth-order valence-electron chi connectivity index (χ4n) is 2.67. The highest BCUT2D eigenvalue weighted by Gasteiger charge is 2.14. The van der Waals surface area contributed by atoms with E-state index in [0.29, 0.717) is 22.8 Å². The third kappa shape index (κ3) is 5.19. The summed E-state index contributed by atoms with van der Waals surface area (Å²) in [5, 5.41) is 11.9. The van der Waals surface area contributed by atoms with Crippen molar-refractivity contribution in [2.45, 2.75) is 13.1 Å². The Balaban J connectivity index is 1.68. The van der Waals surface area contributed by atoms with Crippen molar-refractivity contribution in [2.24, 2.45) is 0 Å². The molecule has 10 heteroatoms. The molecule has 0 spiro atoms. The lowest BCUT2D eigenvalue weighted by atomic mass is 10.2. The molecule has 0 aromatic carbocycles. The predicted octanol–water partition coefficient (Wildman–Crippen LogP) is 2.31. The van der Waals surface area contributed by atoms with Gasteiger partial charge in [-0.05, 0) is 30.3 Å². The third-order valence-electron chi connectivity index (χ3n) is 4.02. The average molecular weight is 408 g/mol. The molecule has 0 saturated carbocycles. The second-order valence-electron chi connectivity index (χ2n) is 6.23. The first-order valence-corrected chi connectivity index (χ1v) is 8.96. The number of nitrogen functional groups attached to an aromatic ring is 1. The van der Waals surface area contributed by atoms with Gasteiger partial charge in [-0.3, -0.25) is 14.7 Å². The molecule has 0 aliphatic rings. The predicted molar refractivity (Wildman–Crippen MR) is 108 cm³/mol. The van der Waals surface area contributed by atoms with E-state index in [1.807, 2.05) is 0 Å². The Morgan fingerprint density at radius 3 is 2.70 bits per heavy atom. The van der Waals surface area contributed by atoms with Crippen LogP contribution in [0.3, 0.4) is 0 Å². The molecule has 0 fully saturated rings. The smallest absolute Gasteiger partial charge is 0.407 e. The van der Waals surface area contributed by atoms with E-state index >= 15 is 0 Å². The van der Waals surface area contributed by atoms with Crippen LogP contribution in [0.2, 0.25) is 0 Å². The van der Waals surface area contributed by atoms with Gasteiger partial charge in [0, 0.05) is 6.54 Å². The zero-order valence-corrected chi connectivity index (χ0v) is 16.0. The first-order chi connectivity index (χ1) is 14.5. The molecule has 3 aromatic heterocycles. The molecule has 3 heterocycles. The van der Waals surface area contributed by atoms with Crippen molar-refractivity contribution in [1.29, 1.82) is 0 Å². The Kier molecular flexibility index (Phi) is 6.38. The molecular weight excluding hydrogens is 388 g/mol. The first-order valence-electron chi connectivity index (χ1n) is 8.96. The minimum Gasteiger partial charge on any atom is -0.465 e. The first kappa shape index (κ1) is 20.5. The van der Waals surface area contributed by atoms with Crippen molar-refractivity contribution in [3.05, 3.63) is 72.4 Å². The number of carbonyl (C=O) groups excluding carboxylic acids is 1. The standard InChI is InChI=1S/C20H20N6O4/c1-2-8-26(20(28)29)12-14-6-3-5-13(23-14)11-22-18(27)16-10-15(24-19(21)25-16)17-7-4-9-30-17/h2-7,9-10H,1,8,11-12H2,(H,22,27)(H,28,29)(H2,21,24,25). The van der Waals surface area contributed by atoms with Crippen LogP contribution in [0.15, 0.2) is 59.7 Å². The van der Waals surface area contributed by atoms with E-state index in [0.717, 1.165) is 0 Å². The largest absolute Gasteiger partial charge is 0.465 e. The number of aromatic nitrogens is 3. The molecule has 154 valence electrons. The Hall–Kier alpha value is -4.21. The van der Waals surface area contributed by atoms with Gasteiger partial charge in [0.15, 0.2) is 5.76 Å². The van der Waals surface area contributed by atoms with E-state index in [-0.39, 0.29) is 31.3 Å². The molecular formula is C20H20N6O4. The zero-order valence-electron chi connectivity index (χ0n) is 16.0. The molecule has 0 radical (unpaired) electrons. The number of pyridine rings is 1. The van der Waals surface area contributed by atoms with Crippen molar-refractivity contribution in [3.8, 4) is 11.5 Å². The van der Waals surface area contributed by atoms with Crippen molar-refractivity contribution in [1.82, 2.24) is 25.2 Å². The average Bonchev–Trinajstić information content (AvgIpc) is 3.26. The number of nitrogens with one attached hydrogen (secondary N) is 1. The van der Waals surface area contributed by atoms with Gasteiger partial charge in [0.05, 0.1) is 30.7 Å². The number of amides is 2. The van der Waals surface area contributed by atoms with Gasteiger partial charge in [-0.15, -0.1) is 6.58 Å². The maximum Gasteiger partial charge on any atom is 0.407 e. The lowest BCUT2D eigenvalue weighted by molar-refractivity contribution is 0.0945. The lowest BCUT2D eigenvalue weighted by Crippen LogP contribution is -2.29. The molecule has 10 nitrogen and oxygen atoms in total. The maximum absolute atomic E-state index is 12.5. The zero-order chi connectivity index (χ0) is 21.5. The number of carbonyl (C=O) groups is 2. The van der Waals surface area contributed by atoms with Gasteiger partial charge in [-0.25, -0.2) is 14.8 Å². The summed E-state index contributed by atoms with van der Waals surface area (Å²) in [4.78, 5) is 37.4. The summed E-state index contributed by atoms with van der Waals surface area (Å²) in [7, 11) is 0. The number of hydrogen-bond acceptors (Lipinski definition) is 7. The van der Waals surface area contributed by atoms with Crippen LogP contribution in [0.4, 0.5) is 10.7 Å². The Bertz CT molecular complexity index is 1050. The van der Waals surface area contributed by atoms with Crippen molar-refractivity contribution in [2.75, 3.05) is 12.3 Å². The summed E-state index contributed by atoms with van der Waals surface area (Å²) in [6.45, 7) is 3.97. The van der Waals surface area contributed by atoms with E-state index < -0.39 is 12.0 Å². The van der Waals surface area contributed by atoms with Gasteiger partial charge >= 0.3 is 6.09 Å². The van der Waals surface area contributed by atoms with Crippen molar-refractivity contribution >= 4 is 17.9 Å². The van der Waals surface area contributed by atoms with E-state index in [2.05, 4.69) is 26.8 Å². The Morgan fingerprint density at radius 2 is 2.00 bits per heavy atom. The van der Waals surface area contributed by atoms with Crippen LogP contribution in [0.25, 0.3) is 11.5 Å². The van der Waals surface area contributed by atoms with Gasteiger partial charge in [0.2, 0.25) is 5.95 Å². The number of nitrogens with zero attached hydrogens (tertiary/aromatic N) is 4. The van der Waals surface area contributed by atoms with Gasteiger partial charge in [0.25, 0.3) is 5.91 Å². The van der Waals surface area contributed by atoms with Crippen LogP contribution >= 0.6 is 0 Å². The molecule has 3 rings (SSSR count). The molecule has 4 N–H and O–H groups in total. The fraction of sp³-hybridized carbons (Fsp3) is 0.150. The van der Waals surface area contributed by atoms with Crippen LogP contribution in [0.5, 0.6) is 0 Å². The molecule has 0 saturated heterocycles. The SMILES string of the molecule is C=CCN(Cc1cccc(CNC(=O)c2cc(-c3ccco3)nc(N)n2)n1)C(=O)O. The third-order valence-corrected chi connectivity index (χ3v) is 4.02. The normalized spacial score (nSPS) is 10.4. The number of furan rings is 1. The lowest BCUT2D eigenvalue weighted by Gasteiger charge is -2.17. The van der Waals surface area contributed by atoms with Crippen LogP contribution < -0.4 is 11.1 Å². The number of nitrogens with two attached hydrogens (primary N) is 1. The van der Waals surface area contributed by atoms with Gasteiger partial charge in [-0.1, -0.05) is 12.1 Å². The Morgan fingerprint density at radius 1 is 1.20 bits per heavy atom. The van der Waals surface area contributed by atoms with Gasteiger partial charge in [0.1, 0.15) is 11.4 Å². The van der Waals surface area contributed by atoms with Gasteiger partial charge < -0.3 is 20.6 Å². The van der Waals surface area contributed by atoms with Crippen LogP contribution in [-0.4, -0.2) is 43.5 Å². The topological polar surface area (TPSA) is 147 Å². The molecule has 3 aromatic rings. The molecule has 0 bridgehead atoms. The van der Waals surface area contributed by atoms with E-state index in [9.17, 15) is 14.7 Å². The maximum atomic E-state index is 12.5. The fourth-order valence-corrected chi connectivity index (χ4v) is 2.67. The summed E-state index contributed by atoms with van der Waals surface area (Å²) in [5.41, 5.74) is 7.32. The number of rotatable bonds is 8. The van der Waals surface area contributed by atoms with Gasteiger partial charge in [-0.2, -0.15) is 0 Å². The van der Waals surface area contributed by atoms with E-state index in [1.54, 1.807) is 30.3 Å². The monoisotopic (exact) mass is 408 g/mol. The molecule has 0 aliphatic heterocycles. The van der Waals surface area contributed by atoms with Crippen molar-refractivity contribution in [3.63, 3.8) is 0 Å². The van der Waals surface area contributed by atoms with Crippen LogP contribution in [-0.2, 0) is 13.1 Å².